The summed E-state index contributed by atoms with van der Waals surface area (Å²) in [5, 5.41) is 10.1. The van der Waals surface area contributed by atoms with Gasteiger partial charge in [0.05, 0.1) is 17.9 Å². The summed E-state index contributed by atoms with van der Waals surface area (Å²) in [4.78, 5) is 12.5. The molecule has 2 rings (SSSR count). The third kappa shape index (κ3) is 2.72. The Morgan fingerprint density at radius 1 is 1.40 bits per heavy atom. The van der Waals surface area contributed by atoms with Crippen LogP contribution in [-0.2, 0) is 6.42 Å². The van der Waals surface area contributed by atoms with E-state index in [4.69, 9.17) is 27.6 Å². The van der Waals surface area contributed by atoms with E-state index >= 15 is 0 Å². The lowest BCUT2D eigenvalue weighted by Gasteiger charge is -2.10. The molecular weight excluding hydrogens is 297 g/mol. The number of aryl methyl sites for hydroxylation is 1. The number of rotatable bonds is 4. The fourth-order valence-electron chi connectivity index (χ4n) is 1.99. The first-order valence-corrected chi connectivity index (χ1v) is 6.79. The molecule has 1 aromatic heterocycles. The van der Waals surface area contributed by atoms with Crippen LogP contribution in [0.4, 0.5) is 0 Å². The van der Waals surface area contributed by atoms with Gasteiger partial charge in [0.2, 0.25) is 0 Å². The van der Waals surface area contributed by atoms with E-state index in [1.807, 2.05) is 13.0 Å². The zero-order valence-corrected chi connectivity index (χ0v) is 12.2. The zero-order valence-electron chi connectivity index (χ0n) is 10.7. The summed E-state index contributed by atoms with van der Waals surface area (Å²) in [5.74, 6) is -0.717. The van der Waals surface area contributed by atoms with E-state index in [0.717, 1.165) is 0 Å². The van der Waals surface area contributed by atoms with Crippen LogP contribution >= 0.6 is 23.2 Å². The summed E-state index contributed by atoms with van der Waals surface area (Å²) in [7, 11) is 0. The molecule has 1 atom stereocenters. The number of ketones is 1. The first-order chi connectivity index (χ1) is 9.58. The molecule has 0 bridgehead atoms. The molecule has 0 fully saturated rings. The molecule has 5 heteroatoms. The van der Waals surface area contributed by atoms with Crippen molar-refractivity contribution in [3.05, 3.63) is 57.5 Å². The third-order valence-corrected chi connectivity index (χ3v) is 3.56. The minimum atomic E-state index is -0.970. The van der Waals surface area contributed by atoms with Crippen LogP contribution in [0.15, 0.2) is 34.9 Å². The van der Waals surface area contributed by atoms with Crippen molar-refractivity contribution in [3.63, 3.8) is 0 Å². The molecule has 0 N–H and O–H groups in total. The predicted octanol–water partition coefficient (Wildman–Crippen LogP) is 4.64. The molecule has 0 aliphatic carbocycles. The minimum Gasteiger partial charge on any atom is -0.469 e. The molecule has 0 amide bonds. The van der Waals surface area contributed by atoms with Gasteiger partial charge in [-0.3, -0.25) is 4.79 Å². The highest BCUT2D eigenvalue weighted by atomic mass is 35.5. The molecule has 20 heavy (non-hydrogen) atoms. The zero-order chi connectivity index (χ0) is 14.7. The van der Waals surface area contributed by atoms with E-state index in [0.29, 0.717) is 33.4 Å². The van der Waals surface area contributed by atoms with E-state index in [9.17, 15) is 10.1 Å². The van der Waals surface area contributed by atoms with Crippen LogP contribution in [-0.4, -0.2) is 5.78 Å². The van der Waals surface area contributed by atoms with Crippen LogP contribution in [0, 0.1) is 11.3 Å². The van der Waals surface area contributed by atoms with Crippen LogP contribution in [0.2, 0.25) is 10.0 Å². The molecule has 1 aromatic carbocycles. The highest BCUT2D eigenvalue weighted by Crippen LogP contribution is 2.30. The van der Waals surface area contributed by atoms with Crippen LogP contribution in [0.5, 0.6) is 0 Å². The van der Waals surface area contributed by atoms with E-state index < -0.39 is 5.92 Å². The van der Waals surface area contributed by atoms with Gasteiger partial charge in [0.25, 0.3) is 0 Å². The van der Waals surface area contributed by atoms with Crippen molar-refractivity contribution in [1.29, 1.82) is 5.26 Å². The number of benzene rings is 1. The van der Waals surface area contributed by atoms with E-state index in [1.165, 1.54) is 12.3 Å². The number of furan rings is 1. The van der Waals surface area contributed by atoms with Crippen molar-refractivity contribution in [1.82, 2.24) is 0 Å². The number of carbonyl (C=O) groups excluding carboxylic acids is 1. The average Bonchev–Trinajstić information content (AvgIpc) is 2.90. The summed E-state index contributed by atoms with van der Waals surface area (Å²) < 4.78 is 5.23. The Kier molecular flexibility index (Phi) is 4.49. The lowest BCUT2D eigenvalue weighted by atomic mass is 9.91. The maximum Gasteiger partial charge on any atom is 0.188 e. The molecule has 102 valence electrons. The van der Waals surface area contributed by atoms with Crippen LogP contribution in [0.3, 0.4) is 0 Å². The number of Topliss-reactive ketones (excluding diaryl/α,β-unsaturated/α-hetero) is 1. The molecule has 0 spiro atoms. The highest BCUT2D eigenvalue weighted by Gasteiger charge is 2.26. The van der Waals surface area contributed by atoms with Gasteiger partial charge < -0.3 is 4.42 Å². The number of halogens is 2. The summed E-state index contributed by atoms with van der Waals surface area (Å²) in [5.41, 5.74) is 0.872. The van der Waals surface area contributed by atoms with Crippen LogP contribution in [0.1, 0.15) is 34.5 Å². The van der Waals surface area contributed by atoms with Gasteiger partial charge in [0.15, 0.2) is 5.78 Å². The second kappa shape index (κ2) is 6.13. The predicted molar refractivity (Wildman–Crippen MR) is 77.2 cm³/mol. The molecular formula is C15H11Cl2NO2. The standard InChI is InChI=1S/C15H11Cl2NO2/c1-2-14-11(5-6-20-14)15(19)12(8-18)10-4-3-9(16)7-13(10)17/h3-7,12H,2H2,1H3. The first-order valence-electron chi connectivity index (χ1n) is 6.03. The number of hydrogen-bond acceptors (Lipinski definition) is 3. The monoisotopic (exact) mass is 307 g/mol. The molecule has 1 unspecified atom stereocenters. The smallest absolute Gasteiger partial charge is 0.188 e. The van der Waals surface area contributed by atoms with Crippen molar-refractivity contribution >= 4 is 29.0 Å². The van der Waals surface area contributed by atoms with Crippen molar-refractivity contribution in [3.8, 4) is 6.07 Å². The average molecular weight is 308 g/mol. The molecule has 0 saturated heterocycles. The Hall–Kier alpha value is -1.76. The maximum absolute atomic E-state index is 12.5. The van der Waals surface area contributed by atoms with Crippen molar-refractivity contribution in [2.24, 2.45) is 0 Å². The Balaban J connectivity index is 2.43. The number of nitriles is 1. The van der Waals surface area contributed by atoms with Gasteiger partial charge in [-0.2, -0.15) is 5.26 Å². The van der Waals surface area contributed by atoms with Gasteiger partial charge in [-0.25, -0.2) is 0 Å². The summed E-state index contributed by atoms with van der Waals surface area (Å²) >= 11 is 11.9. The lowest BCUT2D eigenvalue weighted by molar-refractivity contribution is 0.0977. The van der Waals surface area contributed by atoms with Crippen molar-refractivity contribution in [2.75, 3.05) is 0 Å². The third-order valence-electron chi connectivity index (χ3n) is 3.00. The molecule has 2 aromatic rings. The van der Waals surface area contributed by atoms with Crippen LogP contribution in [0.25, 0.3) is 0 Å². The van der Waals surface area contributed by atoms with Gasteiger partial charge in [0.1, 0.15) is 11.7 Å². The van der Waals surface area contributed by atoms with Crippen molar-refractivity contribution in [2.45, 2.75) is 19.3 Å². The number of nitrogens with zero attached hydrogens (tertiary/aromatic N) is 1. The number of carbonyl (C=O) groups is 1. The van der Waals surface area contributed by atoms with Crippen molar-refractivity contribution < 1.29 is 9.21 Å². The first kappa shape index (κ1) is 14.6. The molecule has 1 heterocycles. The largest absolute Gasteiger partial charge is 0.469 e. The number of hydrogen-bond donors (Lipinski definition) is 0. The molecule has 3 nitrogen and oxygen atoms in total. The molecule has 0 radical (unpaired) electrons. The van der Waals surface area contributed by atoms with Crippen LogP contribution < -0.4 is 0 Å². The summed E-state index contributed by atoms with van der Waals surface area (Å²) in [6.07, 6.45) is 2.03. The van der Waals surface area contributed by atoms with E-state index in [1.54, 1.807) is 18.2 Å². The Morgan fingerprint density at radius 3 is 2.75 bits per heavy atom. The van der Waals surface area contributed by atoms with E-state index in [2.05, 4.69) is 0 Å². The highest BCUT2D eigenvalue weighted by molar-refractivity contribution is 6.35. The SMILES string of the molecule is CCc1occc1C(=O)C(C#N)c1ccc(Cl)cc1Cl. The van der Waals surface area contributed by atoms with Gasteiger partial charge >= 0.3 is 0 Å². The quantitative estimate of drug-likeness (QED) is 0.773. The van der Waals surface area contributed by atoms with E-state index in [-0.39, 0.29) is 5.78 Å². The van der Waals surface area contributed by atoms with Gasteiger partial charge in [0, 0.05) is 16.5 Å². The summed E-state index contributed by atoms with van der Waals surface area (Å²) in [6.45, 7) is 1.88. The second-order valence-electron chi connectivity index (χ2n) is 4.20. The Bertz CT molecular complexity index is 685. The maximum atomic E-state index is 12.5. The van der Waals surface area contributed by atoms with Gasteiger partial charge in [-0.05, 0) is 23.8 Å². The molecule has 0 aliphatic heterocycles. The fraction of sp³-hybridized carbons (Fsp3) is 0.200. The normalized spacial score (nSPS) is 11.9. The molecule has 0 aliphatic rings. The Morgan fingerprint density at radius 2 is 2.15 bits per heavy atom. The second-order valence-corrected chi connectivity index (χ2v) is 5.05. The summed E-state index contributed by atoms with van der Waals surface area (Å²) in [6, 6.07) is 8.30. The Labute approximate surface area is 126 Å². The lowest BCUT2D eigenvalue weighted by Crippen LogP contribution is -2.12. The fourth-order valence-corrected chi connectivity index (χ4v) is 2.51. The van der Waals surface area contributed by atoms with Gasteiger partial charge in [-0.1, -0.05) is 36.2 Å². The topological polar surface area (TPSA) is 54.0 Å². The molecule has 0 saturated carbocycles. The van der Waals surface area contributed by atoms with Gasteiger partial charge in [-0.15, -0.1) is 0 Å². The minimum absolute atomic E-state index is 0.305.